The van der Waals surface area contributed by atoms with Crippen molar-refractivity contribution in [2.45, 2.75) is 32.9 Å². The highest BCUT2D eigenvalue weighted by molar-refractivity contribution is 7.07. The maximum atomic E-state index is 13.7. The van der Waals surface area contributed by atoms with Gasteiger partial charge < -0.3 is 13.9 Å². The number of furan rings is 1. The molecule has 1 atom stereocenters. The molecule has 5 rings (SSSR count). The zero-order chi connectivity index (χ0) is 27.7. The van der Waals surface area contributed by atoms with Crippen molar-refractivity contribution >= 4 is 29.4 Å². The first-order chi connectivity index (χ1) is 18.8. The van der Waals surface area contributed by atoms with Gasteiger partial charge in [-0.25, -0.2) is 14.6 Å². The van der Waals surface area contributed by atoms with Crippen molar-refractivity contribution in [3.8, 4) is 11.3 Å². The average molecular weight is 543 g/mol. The number of carbonyl (C=O) groups is 2. The number of methoxy groups -OCH3 is 1. The van der Waals surface area contributed by atoms with E-state index in [2.05, 4.69) is 4.99 Å². The average Bonchev–Trinajstić information content (AvgIpc) is 3.52. The fourth-order valence-corrected chi connectivity index (χ4v) is 5.44. The molecule has 0 amide bonds. The number of esters is 2. The molecule has 198 valence electrons. The van der Waals surface area contributed by atoms with Gasteiger partial charge in [-0.3, -0.25) is 9.36 Å². The lowest BCUT2D eigenvalue weighted by Crippen LogP contribution is -2.40. The molecule has 9 heteroatoms. The summed E-state index contributed by atoms with van der Waals surface area (Å²) in [6, 6.07) is 19.1. The predicted molar refractivity (Wildman–Crippen MR) is 147 cm³/mol. The van der Waals surface area contributed by atoms with Crippen molar-refractivity contribution in [3.05, 3.63) is 115 Å². The van der Waals surface area contributed by atoms with Gasteiger partial charge in [0.05, 0.1) is 40.6 Å². The van der Waals surface area contributed by atoms with Crippen molar-refractivity contribution in [2.75, 3.05) is 7.11 Å². The van der Waals surface area contributed by atoms with Crippen LogP contribution in [-0.4, -0.2) is 29.7 Å². The summed E-state index contributed by atoms with van der Waals surface area (Å²) >= 11 is 1.23. The van der Waals surface area contributed by atoms with Crippen LogP contribution in [0.5, 0.6) is 0 Å². The topological polar surface area (TPSA) is 100 Å². The number of rotatable bonds is 6. The smallest absolute Gasteiger partial charge is 0.338 e. The second-order valence-electron chi connectivity index (χ2n) is 9.22. The molecule has 0 saturated heterocycles. The first kappa shape index (κ1) is 26.1. The normalized spacial score (nSPS) is 15.2. The fraction of sp³-hybridized carbons (Fsp3) is 0.200. The molecule has 39 heavy (non-hydrogen) atoms. The van der Waals surface area contributed by atoms with Gasteiger partial charge in [0.25, 0.3) is 5.56 Å². The molecule has 2 aromatic carbocycles. The van der Waals surface area contributed by atoms with Gasteiger partial charge in [0, 0.05) is 11.6 Å². The first-order valence-electron chi connectivity index (χ1n) is 12.3. The van der Waals surface area contributed by atoms with E-state index < -0.39 is 18.0 Å². The van der Waals surface area contributed by atoms with Gasteiger partial charge >= 0.3 is 11.9 Å². The van der Waals surface area contributed by atoms with Crippen molar-refractivity contribution in [3.63, 3.8) is 0 Å². The number of hydrogen-bond donors (Lipinski definition) is 0. The molecule has 1 unspecified atom stereocenters. The molecule has 0 spiro atoms. The molecule has 4 aromatic rings. The lowest BCUT2D eigenvalue weighted by Gasteiger charge is -2.25. The van der Waals surface area contributed by atoms with Crippen LogP contribution in [0.4, 0.5) is 0 Å². The van der Waals surface area contributed by atoms with E-state index in [9.17, 15) is 14.4 Å². The molecule has 1 aliphatic heterocycles. The number of nitrogens with zero attached hydrogens (tertiary/aromatic N) is 2. The van der Waals surface area contributed by atoms with Gasteiger partial charge in [-0.15, -0.1) is 0 Å². The number of aromatic nitrogens is 1. The number of carbonyl (C=O) groups excluding carboxylic acids is 2. The fourth-order valence-electron chi connectivity index (χ4n) is 4.41. The summed E-state index contributed by atoms with van der Waals surface area (Å²) < 4.78 is 18.2. The van der Waals surface area contributed by atoms with E-state index in [0.29, 0.717) is 37.7 Å². The van der Waals surface area contributed by atoms with Crippen LogP contribution in [0.1, 0.15) is 48.5 Å². The maximum Gasteiger partial charge on any atom is 0.338 e. The van der Waals surface area contributed by atoms with Crippen molar-refractivity contribution in [1.29, 1.82) is 0 Å². The summed E-state index contributed by atoms with van der Waals surface area (Å²) in [5.74, 6) is 0.158. The number of ether oxygens (including phenoxy) is 2. The monoisotopic (exact) mass is 542 g/mol. The largest absolute Gasteiger partial charge is 0.465 e. The molecule has 0 fully saturated rings. The highest BCUT2D eigenvalue weighted by Gasteiger charge is 2.33. The number of benzene rings is 2. The Balaban J connectivity index is 1.56. The van der Waals surface area contributed by atoms with E-state index in [-0.39, 0.29) is 11.7 Å². The Hall–Kier alpha value is -4.50. The molecule has 0 bridgehead atoms. The molecular weight excluding hydrogens is 516 g/mol. The van der Waals surface area contributed by atoms with Crippen molar-refractivity contribution in [2.24, 2.45) is 4.99 Å². The van der Waals surface area contributed by atoms with Crippen LogP contribution in [0.15, 0.2) is 92.2 Å². The summed E-state index contributed by atoms with van der Waals surface area (Å²) in [5, 5.41) is 0. The van der Waals surface area contributed by atoms with Gasteiger partial charge in [0.1, 0.15) is 11.5 Å². The second-order valence-corrected chi connectivity index (χ2v) is 10.2. The van der Waals surface area contributed by atoms with E-state index in [1.807, 2.05) is 30.3 Å². The SMILES string of the molecule is COC(=O)c1ccc(-c2ccc(C=c3sc4n(c3=O)C(c3ccccc3)C(C(=O)OC(C)C)=C(C)N=4)o2)cc1. The third kappa shape index (κ3) is 5.13. The third-order valence-electron chi connectivity index (χ3n) is 6.19. The highest BCUT2D eigenvalue weighted by atomic mass is 32.1. The summed E-state index contributed by atoms with van der Waals surface area (Å²) in [6.45, 7) is 5.32. The summed E-state index contributed by atoms with van der Waals surface area (Å²) in [6.07, 6.45) is 1.35. The van der Waals surface area contributed by atoms with Crippen LogP contribution >= 0.6 is 11.3 Å². The molecule has 1 aliphatic rings. The van der Waals surface area contributed by atoms with Crippen LogP contribution in [-0.2, 0) is 14.3 Å². The van der Waals surface area contributed by atoms with E-state index in [0.717, 1.165) is 11.1 Å². The summed E-state index contributed by atoms with van der Waals surface area (Å²) in [4.78, 5) is 43.7. The number of fused-ring (bicyclic) bond motifs is 1. The number of thiazole rings is 1. The zero-order valence-electron chi connectivity index (χ0n) is 21.8. The van der Waals surface area contributed by atoms with Gasteiger partial charge in [0.15, 0.2) is 4.80 Å². The van der Waals surface area contributed by atoms with E-state index in [1.165, 1.54) is 18.4 Å². The zero-order valence-corrected chi connectivity index (χ0v) is 22.7. The minimum Gasteiger partial charge on any atom is -0.465 e. The first-order valence-corrected chi connectivity index (χ1v) is 13.2. The van der Waals surface area contributed by atoms with Gasteiger partial charge in [-0.05, 0) is 50.6 Å². The molecule has 8 nitrogen and oxygen atoms in total. The molecule has 0 aliphatic carbocycles. The molecule has 0 N–H and O–H groups in total. The van der Waals surface area contributed by atoms with E-state index >= 15 is 0 Å². The minimum absolute atomic E-state index is 0.282. The van der Waals surface area contributed by atoms with Crippen LogP contribution in [0.2, 0.25) is 0 Å². The van der Waals surface area contributed by atoms with Gasteiger partial charge in [-0.1, -0.05) is 53.8 Å². The Bertz CT molecular complexity index is 1760. The van der Waals surface area contributed by atoms with E-state index in [4.69, 9.17) is 13.9 Å². The van der Waals surface area contributed by atoms with Gasteiger partial charge in [-0.2, -0.15) is 0 Å². The van der Waals surface area contributed by atoms with Crippen LogP contribution in [0.3, 0.4) is 0 Å². The van der Waals surface area contributed by atoms with Crippen LogP contribution in [0, 0.1) is 0 Å². The Labute approximate surface area is 228 Å². The third-order valence-corrected chi connectivity index (χ3v) is 7.17. The maximum absolute atomic E-state index is 13.7. The summed E-state index contributed by atoms with van der Waals surface area (Å²) in [5.41, 5.74) is 2.56. The Kier molecular flexibility index (Phi) is 7.17. The minimum atomic E-state index is -0.670. The van der Waals surface area contributed by atoms with Crippen LogP contribution < -0.4 is 14.9 Å². The van der Waals surface area contributed by atoms with E-state index in [1.54, 1.807) is 67.8 Å². The quantitative estimate of drug-likeness (QED) is 0.338. The lowest BCUT2D eigenvalue weighted by molar-refractivity contribution is -0.143. The Morgan fingerprint density at radius 2 is 1.74 bits per heavy atom. The predicted octanol–water partition coefficient (Wildman–Crippen LogP) is 4.23. The van der Waals surface area contributed by atoms with Gasteiger partial charge in [0.2, 0.25) is 0 Å². The molecular formula is C30H26N2O6S. The molecule has 0 saturated carbocycles. The van der Waals surface area contributed by atoms with Crippen molar-refractivity contribution in [1.82, 2.24) is 4.57 Å². The molecule has 3 heterocycles. The second kappa shape index (κ2) is 10.7. The highest BCUT2D eigenvalue weighted by Crippen LogP contribution is 2.31. The standard InChI is InChI=1S/C30H26N2O6S/c1-17(2)37-29(35)25-18(3)31-30-32(26(25)20-8-6-5-7-9-20)27(33)24(39-30)16-22-14-15-23(38-22)19-10-12-21(13-11-19)28(34)36-4/h5-17,26H,1-4H3. The summed E-state index contributed by atoms with van der Waals surface area (Å²) in [7, 11) is 1.33. The number of hydrogen-bond acceptors (Lipinski definition) is 8. The van der Waals surface area contributed by atoms with Crippen molar-refractivity contribution < 1.29 is 23.5 Å². The Morgan fingerprint density at radius 3 is 2.41 bits per heavy atom. The van der Waals surface area contributed by atoms with Crippen LogP contribution in [0.25, 0.3) is 17.4 Å². The number of allylic oxidation sites excluding steroid dienone is 1. The molecule has 0 radical (unpaired) electrons. The Morgan fingerprint density at radius 1 is 1.03 bits per heavy atom. The molecule has 2 aromatic heterocycles. The lowest BCUT2D eigenvalue weighted by atomic mass is 9.96.